The van der Waals surface area contributed by atoms with Gasteiger partial charge in [0.1, 0.15) is 4.88 Å². The van der Waals surface area contributed by atoms with Gasteiger partial charge in [0.25, 0.3) is 5.91 Å². The van der Waals surface area contributed by atoms with E-state index in [2.05, 4.69) is 37.2 Å². The first kappa shape index (κ1) is 13.2. The van der Waals surface area contributed by atoms with E-state index in [9.17, 15) is 4.79 Å². The zero-order chi connectivity index (χ0) is 11.3. The summed E-state index contributed by atoms with van der Waals surface area (Å²) < 4.78 is 5.82. The molecule has 0 bridgehead atoms. The molecule has 0 aliphatic carbocycles. The van der Waals surface area contributed by atoms with E-state index in [0.29, 0.717) is 16.8 Å². The van der Waals surface area contributed by atoms with Crippen molar-refractivity contribution >= 4 is 49.1 Å². The van der Waals surface area contributed by atoms with Crippen molar-refractivity contribution in [3.05, 3.63) is 20.8 Å². The average molecular weight is 357 g/mol. The maximum Gasteiger partial charge on any atom is 0.262 e. The molecule has 15 heavy (non-hydrogen) atoms. The number of carbonyl (C=O) groups excluding carboxylic acids is 1. The monoisotopic (exact) mass is 355 g/mol. The lowest BCUT2D eigenvalue weighted by molar-refractivity contribution is 0.0911. The quantitative estimate of drug-likeness (QED) is 0.823. The Hall–Kier alpha value is 0.0900. The van der Waals surface area contributed by atoms with Crippen LogP contribution in [0.15, 0.2) is 15.9 Å². The Bertz CT molecular complexity index is 330. The van der Waals surface area contributed by atoms with Crippen molar-refractivity contribution in [1.82, 2.24) is 5.32 Å². The molecule has 0 radical (unpaired) electrons. The topological polar surface area (TPSA) is 38.3 Å². The van der Waals surface area contributed by atoms with Crippen molar-refractivity contribution < 1.29 is 9.53 Å². The van der Waals surface area contributed by atoms with Crippen LogP contribution < -0.4 is 5.32 Å². The fourth-order valence-corrected chi connectivity index (χ4v) is 2.84. The highest BCUT2D eigenvalue weighted by atomic mass is 79.9. The minimum absolute atomic E-state index is 0.00324. The van der Waals surface area contributed by atoms with E-state index in [1.807, 2.05) is 11.4 Å². The van der Waals surface area contributed by atoms with Crippen LogP contribution in [0.25, 0.3) is 0 Å². The molecule has 1 N–H and O–H groups in total. The van der Waals surface area contributed by atoms with Gasteiger partial charge in [-0.1, -0.05) is 15.9 Å². The van der Waals surface area contributed by atoms with E-state index >= 15 is 0 Å². The number of halogens is 2. The first-order chi connectivity index (χ1) is 7.19. The van der Waals surface area contributed by atoms with Crippen molar-refractivity contribution in [1.29, 1.82) is 0 Å². The van der Waals surface area contributed by atoms with Crippen LogP contribution in [-0.4, -0.2) is 31.0 Å². The molecule has 1 aromatic heterocycles. The summed E-state index contributed by atoms with van der Waals surface area (Å²) in [6.07, 6.45) is 0. The Kier molecular flexibility index (Phi) is 5.81. The number of methoxy groups -OCH3 is 1. The molecule has 0 aliphatic heterocycles. The minimum Gasteiger partial charge on any atom is -0.383 e. The molecule has 1 amide bonds. The molecule has 0 aliphatic rings. The summed E-state index contributed by atoms with van der Waals surface area (Å²) in [7, 11) is 1.61. The number of alkyl halides is 1. The van der Waals surface area contributed by atoms with Gasteiger partial charge in [-0.3, -0.25) is 4.79 Å². The van der Waals surface area contributed by atoms with Crippen LogP contribution in [0.5, 0.6) is 0 Å². The molecule has 1 aromatic rings. The van der Waals surface area contributed by atoms with Gasteiger partial charge in [-0.15, -0.1) is 11.3 Å². The number of rotatable bonds is 5. The van der Waals surface area contributed by atoms with E-state index in [1.165, 1.54) is 11.3 Å². The third-order valence-corrected chi connectivity index (χ3v) is 4.33. The van der Waals surface area contributed by atoms with Crippen molar-refractivity contribution in [2.45, 2.75) is 6.04 Å². The third-order valence-electron chi connectivity index (χ3n) is 1.71. The van der Waals surface area contributed by atoms with Crippen LogP contribution in [0.3, 0.4) is 0 Å². The van der Waals surface area contributed by atoms with Crippen molar-refractivity contribution in [3.63, 3.8) is 0 Å². The summed E-state index contributed by atoms with van der Waals surface area (Å²) in [6, 6.07) is 1.86. The van der Waals surface area contributed by atoms with Gasteiger partial charge >= 0.3 is 0 Å². The number of hydrogen-bond donors (Lipinski definition) is 1. The predicted octanol–water partition coefficient (Wildman–Crippen LogP) is 2.65. The second-order valence-electron chi connectivity index (χ2n) is 2.88. The molecule has 6 heteroatoms. The lowest BCUT2D eigenvalue weighted by atomic mass is 10.3. The smallest absolute Gasteiger partial charge is 0.262 e. The second-order valence-corrected chi connectivity index (χ2v) is 5.30. The van der Waals surface area contributed by atoms with Crippen LogP contribution in [0, 0.1) is 0 Å². The zero-order valence-electron chi connectivity index (χ0n) is 8.13. The molecular formula is C9H11Br2NO2S. The molecule has 0 aromatic carbocycles. The SMILES string of the molecule is COCC(CBr)NC(=O)c1sccc1Br. The summed E-state index contributed by atoms with van der Waals surface area (Å²) in [5, 5.41) is 5.43. The Morgan fingerprint density at radius 3 is 2.93 bits per heavy atom. The molecule has 0 saturated heterocycles. The second kappa shape index (κ2) is 6.62. The average Bonchev–Trinajstić information content (AvgIpc) is 2.63. The number of hydrogen-bond acceptors (Lipinski definition) is 3. The van der Waals surface area contributed by atoms with Crippen molar-refractivity contribution in [2.24, 2.45) is 0 Å². The first-order valence-corrected chi connectivity index (χ1v) is 7.07. The summed E-state index contributed by atoms with van der Waals surface area (Å²) in [6.45, 7) is 0.500. The fraction of sp³-hybridized carbons (Fsp3) is 0.444. The van der Waals surface area contributed by atoms with E-state index in [-0.39, 0.29) is 11.9 Å². The highest BCUT2D eigenvalue weighted by molar-refractivity contribution is 9.10. The van der Waals surface area contributed by atoms with Gasteiger partial charge in [0, 0.05) is 16.9 Å². The molecule has 1 atom stereocenters. The van der Waals surface area contributed by atoms with E-state index in [4.69, 9.17) is 4.74 Å². The molecule has 1 heterocycles. The fourth-order valence-electron chi connectivity index (χ4n) is 1.03. The van der Waals surface area contributed by atoms with Gasteiger partial charge in [-0.2, -0.15) is 0 Å². The van der Waals surface area contributed by atoms with Gasteiger partial charge in [-0.05, 0) is 27.4 Å². The summed E-state index contributed by atoms with van der Waals surface area (Å²) >= 11 is 8.06. The van der Waals surface area contributed by atoms with Gasteiger partial charge in [0.15, 0.2) is 0 Å². The van der Waals surface area contributed by atoms with Crippen molar-refractivity contribution in [3.8, 4) is 0 Å². The number of carbonyl (C=O) groups is 1. The van der Waals surface area contributed by atoms with E-state index in [0.717, 1.165) is 4.47 Å². The predicted molar refractivity (Wildman–Crippen MR) is 68.9 cm³/mol. The molecule has 84 valence electrons. The first-order valence-electron chi connectivity index (χ1n) is 4.27. The van der Waals surface area contributed by atoms with Gasteiger partial charge in [0.05, 0.1) is 12.6 Å². The highest BCUT2D eigenvalue weighted by Gasteiger charge is 2.15. The minimum atomic E-state index is -0.0709. The molecule has 3 nitrogen and oxygen atoms in total. The van der Waals surface area contributed by atoms with Crippen molar-refractivity contribution in [2.75, 3.05) is 19.0 Å². The number of ether oxygens (including phenoxy) is 1. The summed E-state index contributed by atoms with van der Waals surface area (Å²) in [5.74, 6) is -0.0709. The lowest BCUT2D eigenvalue weighted by Gasteiger charge is -2.14. The maximum absolute atomic E-state index is 11.8. The van der Waals surface area contributed by atoms with Crippen LogP contribution in [0.1, 0.15) is 9.67 Å². The standard InChI is InChI=1S/C9H11Br2NO2S/c1-14-5-6(4-10)12-9(13)8-7(11)2-3-15-8/h2-3,6H,4-5H2,1H3,(H,12,13). The molecule has 0 fully saturated rings. The largest absolute Gasteiger partial charge is 0.383 e. The van der Waals surface area contributed by atoms with Gasteiger partial charge in [-0.25, -0.2) is 0 Å². The van der Waals surface area contributed by atoms with Crippen LogP contribution >= 0.6 is 43.2 Å². The lowest BCUT2D eigenvalue weighted by Crippen LogP contribution is -2.39. The number of amides is 1. The Balaban J connectivity index is 2.58. The summed E-state index contributed by atoms with van der Waals surface area (Å²) in [4.78, 5) is 12.5. The number of thiophene rings is 1. The molecule has 0 saturated carbocycles. The third kappa shape index (κ3) is 3.86. The van der Waals surface area contributed by atoms with Gasteiger partial charge in [0.2, 0.25) is 0 Å². The Morgan fingerprint density at radius 2 is 2.47 bits per heavy atom. The highest BCUT2D eigenvalue weighted by Crippen LogP contribution is 2.22. The molecular weight excluding hydrogens is 346 g/mol. The number of nitrogens with one attached hydrogen (secondary N) is 1. The molecule has 1 unspecified atom stereocenters. The van der Waals surface area contributed by atoms with Crippen LogP contribution in [-0.2, 0) is 4.74 Å². The van der Waals surface area contributed by atoms with E-state index in [1.54, 1.807) is 7.11 Å². The van der Waals surface area contributed by atoms with Crippen LogP contribution in [0.4, 0.5) is 0 Å². The molecule has 1 rings (SSSR count). The van der Waals surface area contributed by atoms with E-state index < -0.39 is 0 Å². The summed E-state index contributed by atoms with van der Waals surface area (Å²) in [5.41, 5.74) is 0. The normalized spacial score (nSPS) is 12.5. The zero-order valence-corrected chi connectivity index (χ0v) is 12.1. The maximum atomic E-state index is 11.8. The Labute approximate surface area is 109 Å². The Morgan fingerprint density at radius 1 is 1.73 bits per heavy atom. The van der Waals surface area contributed by atoms with Crippen LogP contribution in [0.2, 0.25) is 0 Å². The van der Waals surface area contributed by atoms with Gasteiger partial charge < -0.3 is 10.1 Å². The molecule has 0 spiro atoms.